The van der Waals surface area contributed by atoms with Crippen LogP contribution in [0.1, 0.15) is 23.2 Å². The molecule has 160 valence electrons. The van der Waals surface area contributed by atoms with E-state index in [1.165, 1.54) is 37.4 Å². The number of amides is 2. The number of benzene rings is 2. The Morgan fingerprint density at radius 3 is 2.52 bits per heavy atom. The van der Waals surface area contributed by atoms with Crippen LogP contribution < -0.4 is 9.64 Å². The summed E-state index contributed by atoms with van der Waals surface area (Å²) in [7, 11) is 1.46. The van der Waals surface area contributed by atoms with Crippen molar-refractivity contribution in [1.29, 1.82) is 0 Å². The number of nitrogens with zero attached hydrogens (tertiary/aromatic N) is 2. The standard InChI is InChI=1S/C23H20ClFN2O4/c1-31-17-9-6-13(24)11-16(17)27-22(29)18-15-3-2-10-26(15)20(19(18)23(27)30)21(28)12-4-7-14(25)8-5-12/h4-9,11,15,18-20H,2-3,10H2,1H3/t15-,18+,19+,20+/m1/s1. The summed E-state index contributed by atoms with van der Waals surface area (Å²) in [6.07, 6.45) is 1.59. The van der Waals surface area contributed by atoms with Crippen molar-refractivity contribution in [2.75, 3.05) is 18.6 Å². The van der Waals surface area contributed by atoms with Gasteiger partial charge in [0.2, 0.25) is 11.8 Å². The molecule has 2 amide bonds. The van der Waals surface area contributed by atoms with Gasteiger partial charge in [-0.05, 0) is 61.9 Å². The van der Waals surface area contributed by atoms with Gasteiger partial charge in [0.25, 0.3) is 0 Å². The molecule has 2 aromatic rings. The lowest BCUT2D eigenvalue weighted by Gasteiger charge is -2.28. The minimum absolute atomic E-state index is 0.175. The first-order valence-corrected chi connectivity index (χ1v) is 10.6. The second kappa shape index (κ2) is 7.43. The minimum atomic E-state index is -0.793. The maximum absolute atomic E-state index is 13.6. The summed E-state index contributed by atoms with van der Waals surface area (Å²) in [5, 5.41) is 0.370. The molecule has 0 spiro atoms. The van der Waals surface area contributed by atoms with Gasteiger partial charge >= 0.3 is 0 Å². The van der Waals surface area contributed by atoms with Crippen LogP contribution in [-0.2, 0) is 9.59 Å². The first kappa shape index (κ1) is 20.2. The Kier molecular flexibility index (Phi) is 4.83. The van der Waals surface area contributed by atoms with Gasteiger partial charge in [-0.25, -0.2) is 9.29 Å². The number of rotatable bonds is 4. The smallest absolute Gasteiger partial charge is 0.239 e. The number of halogens is 2. The molecule has 0 N–H and O–H groups in total. The van der Waals surface area contributed by atoms with Crippen LogP contribution in [0.15, 0.2) is 42.5 Å². The maximum Gasteiger partial charge on any atom is 0.239 e. The number of hydrogen-bond donors (Lipinski definition) is 0. The predicted octanol–water partition coefficient (Wildman–Crippen LogP) is 3.32. The van der Waals surface area contributed by atoms with Crippen LogP contribution in [0.4, 0.5) is 10.1 Å². The van der Waals surface area contributed by atoms with Crippen LogP contribution in [0.2, 0.25) is 5.02 Å². The van der Waals surface area contributed by atoms with Gasteiger partial charge in [-0.2, -0.15) is 0 Å². The summed E-state index contributed by atoms with van der Waals surface area (Å²) >= 11 is 6.13. The van der Waals surface area contributed by atoms with Crippen molar-refractivity contribution in [3.8, 4) is 5.75 Å². The van der Waals surface area contributed by atoms with Gasteiger partial charge in [0.05, 0.1) is 30.7 Å². The molecule has 3 heterocycles. The van der Waals surface area contributed by atoms with Gasteiger partial charge in [-0.15, -0.1) is 0 Å². The minimum Gasteiger partial charge on any atom is -0.495 e. The van der Waals surface area contributed by atoms with Crippen molar-refractivity contribution in [2.24, 2.45) is 11.8 Å². The highest BCUT2D eigenvalue weighted by Crippen LogP contribution is 2.49. The van der Waals surface area contributed by atoms with Gasteiger partial charge in [0.15, 0.2) is 5.78 Å². The molecule has 0 aromatic heterocycles. The molecule has 0 unspecified atom stereocenters. The summed E-state index contributed by atoms with van der Waals surface area (Å²) in [5.41, 5.74) is 0.619. The zero-order valence-electron chi connectivity index (χ0n) is 16.8. The van der Waals surface area contributed by atoms with Crippen LogP contribution in [0.25, 0.3) is 0 Å². The summed E-state index contributed by atoms with van der Waals surface area (Å²) in [5.74, 6) is -2.50. The number of carbonyl (C=O) groups is 3. The largest absolute Gasteiger partial charge is 0.495 e. The summed E-state index contributed by atoms with van der Waals surface area (Å²) < 4.78 is 18.7. The number of hydrogen-bond acceptors (Lipinski definition) is 5. The molecule has 5 rings (SSSR count). The molecule has 6 nitrogen and oxygen atoms in total. The first-order valence-electron chi connectivity index (χ1n) is 10.2. The quantitative estimate of drug-likeness (QED) is 0.536. The third-order valence-corrected chi connectivity index (χ3v) is 6.87. The second-order valence-electron chi connectivity index (χ2n) is 8.14. The van der Waals surface area contributed by atoms with Crippen LogP contribution >= 0.6 is 11.6 Å². The first-order chi connectivity index (χ1) is 14.9. The average Bonchev–Trinajstić information content (AvgIpc) is 3.40. The summed E-state index contributed by atoms with van der Waals surface area (Å²) in [6, 6.07) is 9.13. The van der Waals surface area contributed by atoms with Crippen molar-refractivity contribution in [2.45, 2.75) is 24.9 Å². The Morgan fingerprint density at radius 2 is 1.81 bits per heavy atom. The van der Waals surface area contributed by atoms with Crippen LogP contribution in [0.5, 0.6) is 5.75 Å². The fraction of sp³-hybridized carbons (Fsp3) is 0.348. The van der Waals surface area contributed by atoms with E-state index in [0.717, 1.165) is 17.7 Å². The lowest BCUT2D eigenvalue weighted by atomic mass is 9.85. The predicted molar refractivity (Wildman–Crippen MR) is 112 cm³/mol. The highest BCUT2D eigenvalue weighted by atomic mass is 35.5. The van der Waals surface area contributed by atoms with E-state index >= 15 is 0 Å². The van der Waals surface area contributed by atoms with Gasteiger partial charge in [0, 0.05) is 16.6 Å². The van der Waals surface area contributed by atoms with Crippen LogP contribution in [0.3, 0.4) is 0 Å². The van der Waals surface area contributed by atoms with Gasteiger partial charge < -0.3 is 4.74 Å². The zero-order chi connectivity index (χ0) is 21.9. The number of anilines is 1. The summed E-state index contributed by atoms with van der Waals surface area (Å²) in [6.45, 7) is 0.649. The van der Waals surface area contributed by atoms with E-state index in [1.54, 1.807) is 12.1 Å². The molecule has 3 aliphatic rings. The van der Waals surface area contributed by atoms with E-state index in [9.17, 15) is 18.8 Å². The SMILES string of the molecule is COc1ccc(Cl)cc1N1C(=O)[C@@H]2[C@H](C1=O)[C@@H](C(=O)c1ccc(F)cc1)N1CCC[C@H]21. The average molecular weight is 443 g/mol. The zero-order valence-corrected chi connectivity index (χ0v) is 17.5. The van der Waals surface area contributed by atoms with E-state index in [0.29, 0.717) is 22.9 Å². The topological polar surface area (TPSA) is 66.9 Å². The number of imide groups is 1. The number of ketones is 1. The third-order valence-electron chi connectivity index (χ3n) is 6.63. The highest BCUT2D eigenvalue weighted by Gasteiger charge is 2.65. The fourth-order valence-electron chi connectivity index (χ4n) is 5.38. The van der Waals surface area contributed by atoms with Crippen molar-refractivity contribution >= 4 is 34.9 Å². The second-order valence-corrected chi connectivity index (χ2v) is 8.58. The monoisotopic (exact) mass is 442 g/mol. The van der Waals surface area contributed by atoms with Crippen molar-refractivity contribution in [3.05, 3.63) is 58.9 Å². The number of carbonyl (C=O) groups excluding carboxylic acids is 3. The Labute approximate surface area is 183 Å². The molecule has 3 aliphatic heterocycles. The molecule has 3 fully saturated rings. The number of Topliss-reactive ketones (excluding diaryl/α,β-unsaturated/α-hetero) is 1. The number of fused-ring (bicyclic) bond motifs is 3. The molecule has 0 bridgehead atoms. The van der Waals surface area contributed by atoms with Crippen molar-refractivity contribution in [3.63, 3.8) is 0 Å². The lowest BCUT2D eigenvalue weighted by Crippen LogP contribution is -2.46. The summed E-state index contributed by atoms with van der Waals surface area (Å²) in [4.78, 5) is 43.6. The molecular weight excluding hydrogens is 423 g/mol. The lowest BCUT2D eigenvalue weighted by molar-refractivity contribution is -0.123. The van der Waals surface area contributed by atoms with E-state index in [4.69, 9.17) is 16.3 Å². The Balaban J connectivity index is 1.57. The number of ether oxygens (including phenoxy) is 1. The molecule has 0 aliphatic carbocycles. The molecule has 0 radical (unpaired) electrons. The Morgan fingerprint density at radius 1 is 1.10 bits per heavy atom. The Hall–Kier alpha value is -2.77. The fourth-order valence-corrected chi connectivity index (χ4v) is 5.54. The third kappa shape index (κ3) is 2.98. The van der Waals surface area contributed by atoms with E-state index in [2.05, 4.69) is 0 Å². The van der Waals surface area contributed by atoms with Crippen molar-refractivity contribution in [1.82, 2.24) is 4.90 Å². The molecule has 4 atom stereocenters. The van der Waals surface area contributed by atoms with Gasteiger partial charge in [-0.3, -0.25) is 19.3 Å². The van der Waals surface area contributed by atoms with E-state index < -0.39 is 29.6 Å². The van der Waals surface area contributed by atoms with Crippen molar-refractivity contribution < 1.29 is 23.5 Å². The van der Waals surface area contributed by atoms with E-state index in [1.807, 2.05) is 4.90 Å². The van der Waals surface area contributed by atoms with E-state index in [-0.39, 0.29) is 23.4 Å². The molecule has 8 heteroatoms. The van der Waals surface area contributed by atoms with Gasteiger partial charge in [-0.1, -0.05) is 11.6 Å². The highest BCUT2D eigenvalue weighted by molar-refractivity contribution is 6.32. The Bertz CT molecular complexity index is 1090. The normalized spacial score (nSPS) is 27.5. The molecule has 31 heavy (non-hydrogen) atoms. The molecule has 2 aromatic carbocycles. The molecule has 0 saturated carbocycles. The maximum atomic E-state index is 13.6. The molecule has 3 saturated heterocycles. The van der Waals surface area contributed by atoms with Crippen LogP contribution in [-0.4, -0.2) is 48.2 Å². The van der Waals surface area contributed by atoms with Crippen LogP contribution in [0, 0.1) is 17.7 Å². The molecular formula is C23H20ClFN2O4. The number of methoxy groups -OCH3 is 1. The van der Waals surface area contributed by atoms with Gasteiger partial charge in [0.1, 0.15) is 11.6 Å².